The van der Waals surface area contributed by atoms with E-state index in [9.17, 15) is 18.8 Å². The number of carbonyl (C=O) groups excluding carboxylic acids is 3. The molecule has 0 aliphatic heterocycles. The Labute approximate surface area is 236 Å². The normalized spacial score (nSPS) is 12.4. The Bertz CT molecular complexity index is 1350. The number of hydrogen-bond donors (Lipinski definition) is 2. The largest absolute Gasteiger partial charge is 0.483 e. The number of Topliss-reactive ketones (excluding diaryl/α,β-unsaturated/α-hetero) is 1. The monoisotopic (exact) mass is 546 g/mol. The molecule has 0 spiro atoms. The highest BCUT2D eigenvalue weighted by molar-refractivity contribution is 6.16. The number of para-hydroxylation sites is 1. The van der Waals surface area contributed by atoms with Crippen LogP contribution in [0.15, 0.2) is 72.8 Å². The van der Waals surface area contributed by atoms with E-state index >= 15 is 0 Å². The van der Waals surface area contributed by atoms with Crippen LogP contribution in [-0.4, -0.2) is 30.4 Å². The SMILES string of the molecule is CCC(C)(C)c1ccc(OCC(=O)Nc2cccc(C(=O)C(F)C(=O)Nc3ccccc3)c2)c(C(C)(C)CC)c1. The fourth-order valence-corrected chi connectivity index (χ4v) is 4.08. The first-order valence-electron chi connectivity index (χ1n) is 13.6. The van der Waals surface area contributed by atoms with Crippen LogP contribution in [0.2, 0.25) is 0 Å². The molecule has 0 radical (unpaired) electrons. The van der Waals surface area contributed by atoms with E-state index in [4.69, 9.17) is 4.74 Å². The first-order valence-corrected chi connectivity index (χ1v) is 13.6. The molecule has 0 saturated heterocycles. The second kappa shape index (κ2) is 12.9. The minimum atomic E-state index is -2.39. The van der Waals surface area contributed by atoms with E-state index in [2.05, 4.69) is 58.2 Å². The molecule has 2 amide bonds. The summed E-state index contributed by atoms with van der Waals surface area (Å²) >= 11 is 0. The van der Waals surface area contributed by atoms with Crippen LogP contribution in [0, 0.1) is 0 Å². The summed E-state index contributed by atoms with van der Waals surface area (Å²) in [5.41, 5.74) is 2.76. The van der Waals surface area contributed by atoms with Gasteiger partial charge in [-0.15, -0.1) is 0 Å². The summed E-state index contributed by atoms with van der Waals surface area (Å²) in [4.78, 5) is 37.6. The van der Waals surface area contributed by atoms with Gasteiger partial charge < -0.3 is 15.4 Å². The number of carbonyl (C=O) groups is 3. The standard InChI is InChI=1S/C33H39FN2O4/c1-7-32(3,4)23-17-18-27(26(20-23)33(5,6)8-2)40-21-28(37)35-25-16-12-13-22(19-25)30(38)29(34)31(39)36-24-14-10-9-11-15-24/h9-20,29H,7-8,21H2,1-6H3,(H,35,37)(H,36,39). The maximum Gasteiger partial charge on any atom is 0.267 e. The smallest absolute Gasteiger partial charge is 0.267 e. The van der Waals surface area contributed by atoms with Gasteiger partial charge in [0.1, 0.15) is 5.75 Å². The predicted molar refractivity (Wildman–Crippen MR) is 158 cm³/mol. The molecule has 2 N–H and O–H groups in total. The van der Waals surface area contributed by atoms with Gasteiger partial charge in [0.25, 0.3) is 11.8 Å². The van der Waals surface area contributed by atoms with Crippen LogP contribution in [0.4, 0.5) is 15.8 Å². The third-order valence-electron chi connectivity index (χ3n) is 7.55. The van der Waals surface area contributed by atoms with Crippen molar-refractivity contribution in [1.82, 2.24) is 0 Å². The lowest BCUT2D eigenvalue weighted by molar-refractivity contribution is -0.119. The van der Waals surface area contributed by atoms with Gasteiger partial charge in [-0.25, -0.2) is 4.39 Å². The number of benzene rings is 3. The highest BCUT2D eigenvalue weighted by Gasteiger charge is 2.28. The van der Waals surface area contributed by atoms with Crippen LogP contribution >= 0.6 is 0 Å². The van der Waals surface area contributed by atoms with Crippen molar-refractivity contribution < 1.29 is 23.5 Å². The molecule has 3 aromatic rings. The van der Waals surface area contributed by atoms with Crippen LogP contribution in [0.3, 0.4) is 0 Å². The van der Waals surface area contributed by atoms with E-state index < -0.39 is 23.8 Å². The zero-order valence-corrected chi connectivity index (χ0v) is 24.1. The first kappa shape index (κ1) is 30.5. The molecule has 212 valence electrons. The molecule has 0 aliphatic rings. The average molecular weight is 547 g/mol. The van der Waals surface area contributed by atoms with Crippen molar-refractivity contribution in [1.29, 1.82) is 0 Å². The van der Waals surface area contributed by atoms with Crippen molar-refractivity contribution in [2.24, 2.45) is 0 Å². The number of nitrogens with one attached hydrogen (secondary N) is 2. The fraction of sp³-hybridized carbons (Fsp3) is 0.364. The first-order chi connectivity index (χ1) is 18.9. The maximum absolute atomic E-state index is 14.7. The summed E-state index contributed by atoms with van der Waals surface area (Å²) in [7, 11) is 0. The van der Waals surface area contributed by atoms with Crippen LogP contribution in [0.25, 0.3) is 0 Å². The Morgan fingerprint density at radius 2 is 1.45 bits per heavy atom. The third kappa shape index (κ3) is 7.56. The molecule has 1 atom stereocenters. The Morgan fingerprint density at radius 1 is 0.800 bits per heavy atom. The Morgan fingerprint density at radius 3 is 2.10 bits per heavy atom. The molecular weight excluding hydrogens is 507 g/mol. The van der Waals surface area contributed by atoms with Gasteiger partial charge in [0.2, 0.25) is 12.0 Å². The Balaban J connectivity index is 1.68. The second-order valence-electron chi connectivity index (χ2n) is 11.2. The average Bonchev–Trinajstić information content (AvgIpc) is 2.95. The number of ketones is 1. The van der Waals surface area contributed by atoms with Crippen molar-refractivity contribution in [3.05, 3.63) is 89.5 Å². The molecule has 6 nitrogen and oxygen atoms in total. The molecule has 0 bridgehead atoms. The van der Waals surface area contributed by atoms with E-state index in [-0.39, 0.29) is 23.0 Å². The Hall–Kier alpha value is -4.00. The molecule has 3 aromatic carbocycles. The zero-order valence-electron chi connectivity index (χ0n) is 24.1. The van der Waals surface area contributed by atoms with E-state index in [1.807, 2.05) is 12.1 Å². The third-order valence-corrected chi connectivity index (χ3v) is 7.55. The van der Waals surface area contributed by atoms with E-state index in [1.54, 1.807) is 36.4 Å². The van der Waals surface area contributed by atoms with Crippen LogP contribution in [0.5, 0.6) is 5.75 Å². The van der Waals surface area contributed by atoms with Crippen LogP contribution in [-0.2, 0) is 20.4 Å². The van der Waals surface area contributed by atoms with E-state index in [1.165, 1.54) is 23.8 Å². The minimum Gasteiger partial charge on any atom is -0.483 e. The van der Waals surface area contributed by atoms with E-state index in [0.717, 1.165) is 18.4 Å². The van der Waals surface area contributed by atoms with Gasteiger partial charge >= 0.3 is 0 Å². The predicted octanol–water partition coefficient (Wildman–Crippen LogP) is 7.24. The number of hydrogen-bond acceptors (Lipinski definition) is 4. The summed E-state index contributed by atoms with van der Waals surface area (Å²) in [5.74, 6) is -1.84. The summed E-state index contributed by atoms with van der Waals surface area (Å²) in [6, 6.07) is 20.3. The number of alkyl halides is 1. The summed E-state index contributed by atoms with van der Waals surface area (Å²) in [6.07, 6.45) is -0.509. The number of halogens is 1. The summed E-state index contributed by atoms with van der Waals surface area (Å²) in [5, 5.41) is 5.08. The quantitative estimate of drug-likeness (QED) is 0.185. The minimum absolute atomic E-state index is 0.0117. The summed E-state index contributed by atoms with van der Waals surface area (Å²) in [6.45, 7) is 12.8. The van der Waals surface area contributed by atoms with Crippen molar-refractivity contribution >= 4 is 29.0 Å². The lowest BCUT2D eigenvalue weighted by atomic mass is 9.76. The highest BCUT2D eigenvalue weighted by Crippen LogP contribution is 2.38. The van der Waals surface area contributed by atoms with Crippen molar-refractivity contribution in [3.8, 4) is 5.75 Å². The fourth-order valence-electron chi connectivity index (χ4n) is 4.08. The van der Waals surface area contributed by atoms with Gasteiger partial charge in [-0.3, -0.25) is 14.4 Å². The number of amides is 2. The Kier molecular flexibility index (Phi) is 9.85. The van der Waals surface area contributed by atoms with Gasteiger partial charge in [-0.1, -0.05) is 84.0 Å². The number of ether oxygens (including phenoxy) is 1. The molecule has 40 heavy (non-hydrogen) atoms. The van der Waals surface area contributed by atoms with Crippen LogP contribution in [0.1, 0.15) is 75.9 Å². The van der Waals surface area contributed by atoms with Crippen molar-refractivity contribution in [3.63, 3.8) is 0 Å². The molecule has 7 heteroatoms. The van der Waals surface area contributed by atoms with Crippen molar-refractivity contribution in [2.45, 2.75) is 71.4 Å². The number of anilines is 2. The molecule has 0 saturated carbocycles. The van der Waals surface area contributed by atoms with Gasteiger partial charge in [-0.2, -0.15) is 0 Å². The molecule has 0 heterocycles. The lowest BCUT2D eigenvalue weighted by Gasteiger charge is -2.30. The molecule has 0 aromatic heterocycles. The van der Waals surface area contributed by atoms with Crippen molar-refractivity contribution in [2.75, 3.05) is 17.2 Å². The molecule has 0 aliphatic carbocycles. The van der Waals surface area contributed by atoms with Gasteiger partial charge in [0, 0.05) is 22.5 Å². The molecule has 1 unspecified atom stereocenters. The lowest BCUT2D eigenvalue weighted by Crippen LogP contribution is -2.31. The number of rotatable bonds is 12. The zero-order chi connectivity index (χ0) is 29.5. The topological polar surface area (TPSA) is 84.5 Å². The molecular formula is C33H39FN2O4. The van der Waals surface area contributed by atoms with E-state index in [0.29, 0.717) is 17.1 Å². The van der Waals surface area contributed by atoms with Gasteiger partial charge in [0.05, 0.1) is 0 Å². The highest BCUT2D eigenvalue weighted by atomic mass is 19.1. The molecule has 0 fully saturated rings. The van der Waals surface area contributed by atoms with Crippen LogP contribution < -0.4 is 15.4 Å². The maximum atomic E-state index is 14.7. The van der Waals surface area contributed by atoms with Gasteiger partial charge in [-0.05, 0) is 59.6 Å². The van der Waals surface area contributed by atoms with Gasteiger partial charge in [0.15, 0.2) is 6.61 Å². The summed E-state index contributed by atoms with van der Waals surface area (Å²) < 4.78 is 20.7. The molecule has 3 rings (SSSR count). The second-order valence-corrected chi connectivity index (χ2v) is 11.2.